The molecular formula is C9H14F2N2. The Hall–Kier alpha value is -0.660. The first-order valence-electron chi connectivity index (χ1n) is 4.43. The summed E-state index contributed by atoms with van der Waals surface area (Å²) in [4.78, 5) is 0. The third kappa shape index (κ3) is 1.98. The fourth-order valence-electron chi connectivity index (χ4n) is 1.35. The third-order valence-corrected chi connectivity index (χ3v) is 2.26. The SMILES string of the molecule is C#CCCC1(C(F)(F)CCC)NN1. The van der Waals surface area contributed by atoms with E-state index < -0.39 is 11.6 Å². The summed E-state index contributed by atoms with van der Waals surface area (Å²) >= 11 is 0. The van der Waals surface area contributed by atoms with Gasteiger partial charge in [0.05, 0.1) is 0 Å². The van der Waals surface area contributed by atoms with Crippen molar-refractivity contribution in [3.05, 3.63) is 0 Å². The lowest BCUT2D eigenvalue weighted by atomic mass is 9.97. The van der Waals surface area contributed by atoms with Gasteiger partial charge in [0.1, 0.15) is 0 Å². The van der Waals surface area contributed by atoms with Crippen LogP contribution in [0.25, 0.3) is 0 Å². The number of hydrazine groups is 1. The summed E-state index contributed by atoms with van der Waals surface area (Å²) in [5.41, 5.74) is 3.80. The number of hydrogen-bond acceptors (Lipinski definition) is 2. The highest BCUT2D eigenvalue weighted by atomic mass is 19.3. The molecule has 2 N–H and O–H groups in total. The maximum Gasteiger partial charge on any atom is 0.281 e. The van der Waals surface area contributed by atoms with Crippen molar-refractivity contribution in [1.29, 1.82) is 0 Å². The maximum absolute atomic E-state index is 13.4. The molecule has 1 rings (SSSR count). The van der Waals surface area contributed by atoms with Crippen LogP contribution in [-0.2, 0) is 0 Å². The van der Waals surface area contributed by atoms with Crippen molar-refractivity contribution in [1.82, 2.24) is 10.9 Å². The number of terminal acetylenes is 1. The van der Waals surface area contributed by atoms with Gasteiger partial charge in [0, 0.05) is 12.8 Å². The van der Waals surface area contributed by atoms with Crippen molar-refractivity contribution in [2.75, 3.05) is 0 Å². The molecule has 0 atom stereocenters. The van der Waals surface area contributed by atoms with Crippen molar-refractivity contribution >= 4 is 0 Å². The van der Waals surface area contributed by atoms with E-state index in [-0.39, 0.29) is 12.8 Å². The lowest BCUT2D eigenvalue weighted by Gasteiger charge is -2.22. The number of hydrogen-bond donors (Lipinski definition) is 2. The van der Waals surface area contributed by atoms with Crippen molar-refractivity contribution in [3.63, 3.8) is 0 Å². The van der Waals surface area contributed by atoms with Crippen molar-refractivity contribution in [2.45, 2.75) is 44.2 Å². The van der Waals surface area contributed by atoms with Crippen LogP contribution in [-0.4, -0.2) is 11.6 Å². The zero-order valence-corrected chi connectivity index (χ0v) is 7.66. The van der Waals surface area contributed by atoms with Gasteiger partial charge in [-0.25, -0.2) is 19.6 Å². The van der Waals surface area contributed by atoms with Crippen molar-refractivity contribution in [3.8, 4) is 12.3 Å². The van der Waals surface area contributed by atoms with E-state index >= 15 is 0 Å². The Balaban J connectivity index is 2.53. The Morgan fingerprint density at radius 1 is 1.46 bits per heavy atom. The lowest BCUT2D eigenvalue weighted by Crippen LogP contribution is -2.41. The van der Waals surface area contributed by atoms with Crippen molar-refractivity contribution in [2.24, 2.45) is 0 Å². The number of halogens is 2. The summed E-state index contributed by atoms with van der Waals surface area (Å²) in [5.74, 6) is -0.345. The maximum atomic E-state index is 13.4. The summed E-state index contributed by atoms with van der Waals surface area (Å²) in [6.45, 7) is 1.74. The normalized spacial score (nSPS) is 19.5. The molecule has 0 spiro atoms. The monoisotopic (exact) mass is 188 g/mol. The Bertz CT molecular complexity index is 216. The molecule has 0 aromatic heterocycles. The van der Waals surface area contributed by atoms with Crippen LogP contribution in [0.4, 0.5) is 8.78 Å². The van der Waals surface area contributed by atoms with Gasteiger partial charge in [-0.1, -0.05) is 13.3 Å². The van der Waals surface area contributed by atoms with Crippen molar-refractivity contribution < 1.29 is 8.78 Å². The van der Waals surface area contributed by atoms with Crippen LogP contribution in [0.3, 0.4) is 0 Å². The molecule has 0 aromatic rings. The average Bonchev–Trinajstić information content (AvgIpc) is 2.81. The summed E-state index contributed by atoms with van der Waals surface area (Å²) in [5, 5.41) is 0. The van der Waals surface area contributed by atoms with Crippen LogP contribution in [0.2, 0.25) is 0 Å². The fourth-order valence-corrected chi connectivity index (χ4v) is 1.35. The first-order valence-corrected chi connectivity index (χ1v) is 4.43. The predicted molar refractivity (Wildman–Crippen MR) is 46.9 cm³/mol. The first kappa shape index (κ1) is 10.4. The molecular weight excluding hydrogens is 174 g/mol. The summed E-state index contributed by atoms with van der Waals surface area (Å²) < 4.78 is 26.8. The fraction of sp³-hybridized carbons (Fsp3) is 0.778. The Kier molecular flexibility index (Phi) is 2.89. The first-order chi connectivity index (χ1) is 6.08. The third-order valence-electron chi connectivity index (χ3n) is 2.26. The molecule has 0 aromatic carbocycles. The standard InChI is InChI=1S/C9H14F2N2/c1-3-5-7-9(12-13-9)8(10,11)6-4-2/h1,12-13H,4-7H2,2H3. The second-order valence-corrected chi connectivity index (χ2v) is 3.31. The predicted octanol–water partition coefficient (Wildman–Crippen LogP) is 1.64. The van der Waals surface area contributed by atoms with E-state index in [4.69, 9.17) is 6.42 Å². The van der Waals surface area contributed by atoms with Gasteiger partial charge in [-0.2, -0.15) is 0 Å². The molecule has 0 amide bonds. The Morgan fingerprint density at radius 2 is 2.08 bits per heavy atom. The zero-order chi connectivity index (χ0) is 9.95. The average molecular weight is 188 g/mol. The van der Waals surface area contributed by atoms with Gasteiger partial charge in [-0.3, -0.25) is 0 Å². The second kappa shape index (κ2) is 3.60. The molecule has 0 bridgehead atoms. The summed E-state index contributed by atoms with van der Waals surface area (Å²) in [6, 6.07) is 0. The molecule has 0 unspecified atom stereocenters. The van der Waals surface area contributed by atoms with Gasteiger partial charge in [0.2, 0.25) is 0 Å². The van der Waals surface area contributed by atoms with E-state index in [0.717, 1.165) is 0 Å². The molecule has 0 aliphatic carbocycles. The molecule has 0 radical (unpaired) electrons. The van der Waals surface area contributed by atoms with Crippen LogP contribution < -0.4 is 10.9 Å². The highest BCUT2D eigenvalue weighted by molar-refractivity contribution is 5.07. The highest BCUT2D eigenvalue weighted by Gasteiger charge is 2.60. The van der Waals surface area contributed by atoms with Gasteiger partial charge < -0.3 is 0 Å². The smallest absolute Gasteiger partial charge is 0.229 e. The van der Waals surface area contributed by atoms with E-state index in [1.165, 1.54) is 0 Å². The van der Waals surface area contributed by atoms with Gasteiger partial charge >= 0.3 is 0 Å². The molecule has 2 nitrogen and oxygen atoms in total. The van der Waals surface area contributed by atoms with E-state index in [0.29, 0.717) is 12.8 Å². The Morgan fingerprint density at radius 3 is 2.46 bits per heavy atom. The lowest BCUT2D eigenvalue weighted by molar-refractivity contribution is -0.0538. The second-order valence-electron chi connectivity index (χ2n) is 3.31. The van der Waals surface area contributed by atoms with E-state index in [2.05, 4.69) is 16.8 Å². The zero-order valence-electron chi connectivity index (χ0n) is 7.66. The minimum Gasteiger partial charge on any atom is -0.229 e. The van der Waals surface area contributed by atoms with Gasteiger partial charge in [-0.05, 0) is 6.42 Å². The molecule has 13 heavy (non-hydrogen) atoms. The molecule has 4 heteroatoms. The van der Waals surface area contributed by atoms with E-state index in [1.54, 1.807) is 6.92 Å². The number of rotatable bonds is 5. The van der Waals surface area contributed by atoms with Crippen LogP contribution in [0.5, 0.6) is 0 Å². The summed E-state index contributed by atoms with van der Waals surface area (Å²) in [6.07, 6.45) is 6.02. The van der Waals surface area contributed by atoms with Gasteiger partial charge in [-0.15, -0.1) is 12.3 Å². The molecule has 1 fully saturated rings. The largest absolute Gasteiger partial charge is 0.281 e. The minimum absolute atomic E-state index is 0.114. The summed E-state index contributed by atoms with van der Waals surface area (Å²) in [7, 11) is 0. The van der Waals surface area contributed by atoms with Crippen LogP contribution in [0.15, 0.2) is 0 Å². The Labute approximate surface area is 77.1 Å². The number of nitrogens with one attached hydrogen (secondary N) is 2. The molecule has 74 valence electrons. The van der Waals surface area contributed by atoms with Gasteiger partial charge in [0.15, 0.2) is 5.66 Å². The minimum atomic E-state index is -2.71. The highest BCUT2D eigenvalue weighted by Crippen LogP contribution is 2.39. The van der Waals surface area contributed by atoms with Crippen LogP contribution in [0.1, 0.15) is 32.6 Å². The van der Waals surface area contributed by atoms with E-state index in [9.17, 15) is 8.78 Å². The molecule has 1 saturated heterocycles. The van der Waals surface area contributed by atoms with Crippen LogP contribution in [0, 0.1) is 12.3 Å². The quantitative estimate of drug-likeness (QED) is 0.509. The molecule has 0 saturated carbocycles. The number of alkyl halides is 2. The van der Waals surface area contributed by atoms with E-state index in [1.807, 2.05) is 0 Å². The molecule has 1 aliphatic rings. The molecule has 1 heterocycles. The van der Waals surface area contributed by atoms with Crippen LogP contribution >= 0.6 is 0 Å². The van der Waals surface area contributed by atoms with Gasteiger partial charge in [0.25, 0.3) is 5.92 Å². The molecule has 1 aliphatic heterocycles. The topological polar surface area (TPSA) is 43.9 Å².